The van der Waals surface area contributed by atoms with Gasteiger partial charge < -0.3 is 15.0 Å². The summed E-state index contributed by atoms with van der Waals surface area (Å²) in [4.78, 5) is 26.9. The van der Waals surface area contributed by atoms with Crippen molar-refractivity contribution in [1.29, 1.82) is 0 Å². The molecule has 3 heterocycles. The number of hydrogen-bond acceptors (Lipinski definition) is 5. The van der Waals surface area contributed by atoms with Gasteiger partial charge in [0.15, 0.2) is 0 Å². The van der Waals surface area contributed by atoms with Crippen LogP contribution in [0.15, 0.2) is 41.6 Å². The van der Waals surface area contributed by atoms with Crippen LogP contribution in [0.2, 0.25) is 0 Å². The summed E-state index contributed by atoms with van der Waals surface area (Å²) >= 11 is 0. The molecular formula is C18H21N3O5S. The van der Waals surface area contributed by atoms with Crippen molar-refractivity contribution < 1.29 is 22.7 Å². The zero-order chi connectivity index (χ0) is 19.2. The van der Waals surface area contributed by atoms with Gasteiger partial charge in [-0.2, -0.15) is 0 Å². The van der Waals surface area contributed by atoms with Crippen LogP contribution in [0.3, 0.4) is 0 Å². The van der Waals surface area contributed by atoms with Gasteiger partial charge in [0.2, 0.25) is 11.8 Å². The van der Waals surface area contributed by atoms with Crippen molar-refractivity contribution in [2.24, 2.45) is 0 Å². The molecule has 2 fully saturated rings. The lowest BCUT2D eigenvalue weighted by Crippen LogP contribution is -2.52. The SMILES string of the molecule is Cc1ccc(S(=O)(=O)N2C=CNC(=O)[C@H]2CC(=O)N2C[C@H]3C[C@@H]2CO3)cc1. The van der Waals surface area contributed by atoms with Crippen LogP contribution >= 0.6 is 0 Å². The fourth-order valence-corrected chi connectivity index (χ4v) is 5.21. The minimum atomic E-state index is -3.95. The van der Waals surface area contributed by atoms with Gasteiger partial charge in [-0.25, -0.2) is 8.42 Å². The van der Waals surface area contributed by atoms with E-state index in [9.17, 15) is 18.0 Å². The number of nitrogens with zero attached hydrogens (tertiary/aromatic N) is 2. The second-order valence-electron chi connectivity index (χ2n) is 7.08. The molecule has 3 aliphatic heterocycles. The fourth-order valence-electron chi connectivity index (χ4n) is 3.76. The van der Waals surface area contributed by atoms with Gasteiger partial charge in [-0.3, -0.25) is 13.9 Å². The van der Waals surface area contributed by atoms with Gasteiger partial charge in [-0.15, -0.1) is 0 Å². The van der Waals surface area contributed by atoms with E-state index in [1.165, 1.54) is 24.5 Å². The molecule has 9 heteroatoms. The first-order chi connectivity index (χ1) is 12.9. The summed E-state index contributed by atoms with van der Waals surface area (Å²) in [6.07, 6.45) is 3.22. The number of likely N-dealkylation sites (tertiary alicyclic amines) is 1. The highest BCUT2D eigenvalue weighted by Gasteiger charge is 2.44. The first-order valence-corrected chi connectivity index (χ1v) is 10.3. The Bertz CT molecular complexity index is 896. The molecule has 27 heavy (non-hydrogen) atoms. The van der Waals surface area contributed by atoms with E-state index < -0.39 is 22.0 Å². The molecule has 2 bridgehead atoms. The molecule has 0 spiro atoms. The first kappa shape index (κ1) is 18.0. The van der Waals surface area contributed by atoms with Crippen molar-refractivity contribution in [2.45, 2.75) is 42.8 Å². The van der Waals surface area contributed by atoms with E-state index >= 15 is 0 Å². The predicted octanol–water partition coefficient (Wildman–Crippen LogP) is 0.345. The van der Waals surface area contributed by atoms with Crippen LogP contribution in [0.25, 0.3) is 0 Å². The molecule has 2 saturated heterocycles. The standard InChI is InChI=1S/C18H21N3O5S/c1-12-2-4-15(5-3-12)27(24,25)21-7-6-19-18(23)16(21)9-17(22)20-10-14-8-13(20)11-26-14/h2-7,13-14,16H,8-11H2,1H3,(H,19,23)/t13-,14-,16-/m1/s1. The van der Waals surface area contributed by atoms with E-state index in [0.29, 0.717) is 13.2 Å². The Morgan fingerprint density at radius 2 is 2.04 bits per heavy atom. The molecule has 4 rings (SSSR count). The van der Waals surface area contributed by atoms with Crippen molar-refractivity contribution in [2.75, 3.05) is 13.2 Å². The number of amides is 2. The number of hydrogen-bond donors (Lipinski definition) is 1. The van der Waals surface area contributed by atoms with Crippen LogP contribution in [0, 0.1) is 6.92 Å². The van der Waals surface area contributed by atoms with Crippen molar-refractivity contribution in [3.63, 3.8) is 0 Å². The highest BCUT2D eigenvalue weighted by Crippen LogP contribution is 2.30. The average molecular weight is 391 g/mol. The average Bonchev–Trinajstić information content (AvgIpc) is 3.27. The van der Waals surface area contributed by atoms with Crippen LogP contribution in [-0.2, 0) is 24.3 Å². The quantitative estimate of drug-likeness (QED) is 0.799. The Hall–Kier alpha value is -2.39. The molecule has 0 radical (unpaired) electrons. The topological polar surface area (TPSA) is 96.0 Å². The third-order valence-corrected chi connectivity index (χ3v) is 7.04. The van der Waals surface area contributed by atoms with E-state index in [0.717, 1.165) is 16.3 Å². The summed E-state index contributed by atoms with van der Waals surface area (Å²) in [6.45, 7) is 2.86. The molecule has 3 atom stereocenters. The Labute approximate surface area is 157 Å². The number of carbonyl (C=O) groups excluding carboxylic acids is 2. The maximum Gasteiger partial charge on any atom is 0.264 e. The van der Waals surface area contributed by atoms with Gasteiger partial charge in [0.25, 0.3) is 10.0 Å². The van der Waals surface area contributed by atoms with Crippen molar-refractivity contribution in [1.82, 2.24) is 14.5 Å². The molecule has 1 aromatic rings. The summed E-state index contributed by atoms with van der Waals surface area (Å²) in [6, 6.07) is 5.30. The summed E-state index contributed by atoms with van der Waals surface area (Å²) < 4.78 is 32.6. The molecule has 0 aliphatic carbocycles. The van der Waals surface area contributed by atoms with Crippen LogP contribution in [-0.4, -0.2) is 60.8 Å². The zero-order valence-corrected chi connectivity index (χ0v) is 15.7. The van der Waals surface area contributed by atoms with Gasteiger partial charge in [0, 0.05) is 18.9 Å². The van der Waals surface area contributed by atoms with E-state index in [1.54, 1.807) is 17.0 Å². The second-order valence-corrected chi connectivity index (χ2v) is 8.93. The minimum Gasteiger partial charge on any atom is -0.374 e. The number of aryl methyl sites for hydroxylation is 1. The Morgan fingerprint density at radius 3 is 2.67 bits per heavy atom. The van der Waals surface area contributed by atoms with Crippen molar-refractivity contribution in [3.8, 4) is 0 Å². The molecule has 1 N–H and O–H groups in total. The number of ether oxygens (including phenoxy) is 1. The maximum absolute atomic E-state index is 13.0. The van der Waals surface area contributed by atoms with Crippen LogP contribution in [0.5, 0.6) is 0 Å². The van der Waals surface area contributed by atoms with Crippen LogP contribution in [0.1, 0.15) is 18.4 Å². The van der Waals surface area contributed by atoms with Crippen molar-refractivity contribution >= 4 is 21.8 Å². The number of sulfonamides is 1. The van der Waals surface area contributed by atoms with E-state index in [1.807, 2.05) is 6.92 Å². The van der Waals surface area contributed by atoms with E-state index in [-0.39, 0.29) is 29.4 Å². The molecule has 3 aliphatic rings. The number of benzene rings is 1. The first-order valence-electron chi connectivity index (χ1n) is 8.84. The smallest absolute Gasteiger partial charge is 0.264 e. The van der Waals surface area contributed by atoms with Crippen molar-refractivity contribution in [3.05, 3.63) is 42.2 Å². The van der Waals surface area contributed by atoms with E-state index in [4.69, 9.17) is 4.74 Å². The molecule has 2 amide bonds. The normalized spacial score (nSPS) is 27.1. The third kappa shape index (κ3) is 3.21. The summed E-state index contributed by atoms with van der Waals surface area (Å²) in [5, 5.41) is 2.50. The lowest BCUT2D eigenvalue weighted by molar-refractivity contribution is -0.139. The number of morpholine rings is 1. The van der Waals surface area contributed by atoms with Crippen LogP contribution in [0.4, 0.5) is 0 Å². The lowest BCUT2D eigenvalue weighted by atomic mass is 10.1. The Kier molecular flexibility index (Phi) is 4.43. The molecule has 0 saturated carbocycles. The molecular weight excluding hydrogens is 370 g/mol. The van der Waals surface area contributed by atoms with Gasteiger partial charge in [0.1, 0.15) is 6.04 Å². The van der Waals surface area contributed by atoms with Gasteiger partial charge in [-0.05, 0) is 25.5 Å². The molecule has 0 unspecified atom stereocenters. The zero-order valence-electron chi connectivity index (χ0n) is 14.9. The number of nitrogens with one attached hydrogen (secondary N) is 1. The lowest BCUT2D eigenvalue weighted by Gasteiger charge is -2.33. The predicted molar refractivity (Wildman–Crippen MR) is 95.7 cm³/mol. The maximum atomic E-state index is 13.0. The number of rotatable bonds is 4. The summed E-state index contributed by atoms with van der Waals surface area (Å²) in [7, 11) is -3.95. The fraction of sp³-hybridized carbons (Fsp3) is 0.444. The number of carbonyl (C=O) groups is 2. The second kappa shape index (κ2) is 6.65. The highest BCUT2D eigenvalue weighted by molar-refractivity contribution is 7.89. The van der Waals surface area contributed by atoms with Gasteiger partial charge in [-0.1, -0.05) is 17.7 Å². The summed E-state index contributed by atoms with van der Waals surface area (Å²) in [5.41, 5.74) is 0.930. The Balaban J connectivity index is 1.58. The molecule has 8 nitrogen and oxygen atoms in total. The van der Waals surface area contributed by atoms with Crippen LogP contribution < -0.4 is 5.32 Å². The minimum absolute atomic E-state index is 0.0202. The molecule has 144 valence electrons. The molecule has 1 aromatic carbocycles. The highest BCUT2D eigenvalue weighted by atomic mass is 32.2. The largest absolute Gasteiger partial charge is 0.374 e. The van der Waals surface area contributed by atoms with Gasteiger partial charge >= 0.3 is 0 Å². The Morgan fingerprint density at radius 1 is 1.30 bits per heavy atom. The van der Waals surface area contributed by atoms with E-state index in [2.05, 4.69) is 5.32 Å². The molecule has 0 aromatic heterocycles. The van der Waals surface area contributed by atoms with Gasteiger partial charge in [0.05, 0.1) is 30.1 Å². The monoisotopic (exact) mass is 391 g/mol. The summed E-state index contributed by atoms with van der Waals surface area (Å²) in [5.74, 6) is -0.743. The number of fused-ring (bicyclic) bond motifs is 2. The third-order valence-electron chi connectivity index (χ3n) is 5.24.